The molecule has 0 radical (unpaired) electrons. The number of nitrogens with two attached hydrogens (primary N) is 1. The monoisotopic (exact) mass is 178 g/mol. The van der Waals surface area contributed by atoms with Crippen LogP contribution in [0.15, 0.2) is 12.4 Å². The zero-order valence-corrected chi connectivity index (χ0v) is 7.53. The van der Waals surface area contributed by atoms with Gasteiger partial charge >= 0.3 is 0 Å². The Morgan fingerprint density at radius 1 is 1.46 bits per heavy atom. The van der Waals surface area contributed by atoms with Crippen LogP contribution in [0.5, 0.6) is 0 Å². The van der Waals surface area contributed by atoms with E-state index in [0.717, 1.165) is 18.3 Å². The molecule has 0 amide bonds. The molecule has 1 heterocycles. The summed E-state index contributed by atoms with van der Waals surface area (Å²) in [6.45, 7) is 0.975. The van der Waals surface area contributed by atoms with Crippen LogP contribution in [0.4, 0.5) is 11.6 Å². The highest BCUT2D eigenvalue weighted by molar-refractivity contribution is 5.38. The van der Waals surface area contributed by atoms with Crippen LogP contribution in [0.3, 0.4) is 0 Å². The van der Waals surface area contributed by atoms with Crippen LogP contribution < -0.4 is 11.1 Å². The van der Waals surface area contributed by atoms with E-state index in [1.165, 1.54) is 19.3 Å². The minimum Gasteiger partial charge on any atom is -0.382 e. The molecule has 3 N–H and O–H groups in total. The number of hydrogen-bond donors (Lipinski definition) is 2. The Morgan fingerprint density at radius 3 is 3.00 bits per heavy atom. The lowest BCUT2D eigenvalue weighted by atomic mass is 10.3. The number of aromatic nitrogens is 2. The normalized spacial score (nSPS) is 15.7. The fourth-order valence-electron chi connectivity index (χ4n) is 1.28. The summed E-state index contributed by atoms with van der Waals surface area (Å²) in [6.07, 6.45) is 7.26. The average Bonchev–Trinajstić information content (AvgIpc) is 2.88. The van der Waals surface area contributed by atoms with Crippen LogP contribution in [0.25, 0.3) is 0 Å². The van der Waals surface area contributed by atoms with Gasteiger partial charge in [-0.3, -0.25) is 4.98 Å². The van der Waals surface area contributed by atoms with Crippen molar-refractivity contribution < 1.29 is 0 Å². The summed E-state index contributed by atoms with van der Waals surface area (Å²) in [4.78, 5) is 8.04. The highest BCUT2D eigenvalue weighted by Gasteiger charge is 2.20. The molecule has 1 aromatic rings. The van der Waals surface area contributed by atoms with E-state index in [-0.39, 0.29) is 0 Å². The van der Waals surface area contributed by atoms with Gasteiger partial charge in [0, 0.05) is 6.54 Å². The zero-order chi connectivity index (χ0) is 9.10. The topological polar surface area (TPSA) is 63.8 Å². The number of rotatable bonds is 4. The number of nitrogens with zero attached hydrogens (tertiary/aromatic N) is 2. The SMILES string of the molecule is Nc1cncc(NCCC2CC2)n1. The Hall–Kier alpha value is -1.32. The molecule has 0 unspecified atom stereocenters. The maximum atomic E-state index is 5.49. The summed E-state index contributed by atoms with van der Waals surface area (Å²) in [5, 5.41) is 3.20. The van der Waals surface area contributed by atoms with Gasteiger partial charge in [-0.1, -0.05) is 12.8 Å². The molecule has 1 aliphatic carbocycles. The Labute approximate surface area is 77.6 Å². The van der Waals surface area contributed by atoms with E-state index in [0.29, 0.717) is 5.82 Å². The molecule has 0 aromatic carbocycles. The number of nitrogen functional groups attached to an aromatic ring is 1. The highest BCUT2D eigenvalue weighted by Crippen LogP contribution is 2.31. The van der Waals surface area contributed by atoms with E-state index in [4.69, 9.17) is 5.73 Å². The summed E-state index contributed by atoms with van der Waals surface area (Å²) in [5.74, 6) is 2.19. The summed E-state index contributed by atoms with van der Waals surface area (Å²) < 4.78 is 0. The molecule has 1 saturated carbocycles. The number of nitrogens with one attached hydrogen (secondary N) is 1. The van der Waals surface area contributed by atoms with Crippen molar-refractivity contribution in [3.8, 4) is 0 Å². The smallest absolute Gasteiger partial charge is 0.146 e. The predicted octanol–water partition coefficient (Wildman–Crippen LogP) is 1.27. The van der Waals surface area contributed by atoms with Crippen LogP contribution in [-0.4, -0.2) is 16.5 Å². The molecule has 0 atom stereocenters. The van der Waals surface area contributed by atoms with Crippen LogP contribution in [0, 0.1) is 5.92 Å². The minimum atomic E-state index is 0.469. The molecular formula is C9H14N4. The third-order valence-electron chi connectivity index (χ3n) is 2.21. The maximum absolute atomic E-state index is 5.49. The Morgan fingerprint density at radius 2 is 2.31 bits per heavy atom. The van der Waals surface area contributed by atoms with Crippen molar-refractivity contribution in [2.45, 2.75) is 19.3 Å². The summed E-state index contributed by atoms with van der Waals surface area (Å²) in [5.41, 5.74) is 5.49. The van der Waals surface area contributed by atoms with Crippen LogP contribution in [-0.2, 0) is 0 Å². The van der Waals surface area contributed by atoms with Gasteiger partial charge in [-0.2, -0.15) is 0 Å². The largest absolute Gasteiger partial charge is 0.382 e. The Kier molecular flexibility index (Phi) is 2.29. The van der Waals surface area contributed by atoms with Crippen molar-refractivity contribution in [1.82, 2.24) is 9.97 Å². The van der Waals surface area contributed by atoms with Gasteiger partial charge < -0.3 is 11.1 Å². The molecule has 0 saturated heterocycles. The van der Waals surface area contributed by atoms with Crippen molar-refractivity contribution in [1.29, 1.82) is 0 Å². The molecule has 1 aliphatic rings. The van der Waals surface area contributed by atoms with E-state index >= 15 is 0 Å². The van der Waals surface area contributed by atoms with Gasteiger partial charge in [-0.25, -0.2) is 4.98 Å². The second-order valence-electron chi connectivity index (χ2n) is 3.49. The van der Waals surface area contributed by atoms with Gasteiger partial charge in [-0.15, -0.1) is 0 Å². The van der Waals surface area contributed by atoms with Crippen molar-refractivity contribution in [3.05, 3.63) is 12.4 Å². The predicted molar refractivity (Wildman–Crippen MR) is 52.3 cm³/mol. The lowest BCUT2D eigenvalue weighted by molar-refractivity contribution is 0.758. The van der Waals surface area contributed by atoms with Gasteiger partial charge in [-0.05, 0) is 12.3 Å². The Balaban J connectivity index is 1.79. The van der Waals surface area contributed by atoms with Crippen molar-refractivity contribution in [3.63, 3.8) is 0 Å². The van der Waals surface area contributed by atoms with E-state index in [2.05, 4.69) is 15.3 Å². The third-order valence-corrected chi connectivity index (χ3v) is 2.21. The molecule has 4 nitrogen and oxygen atoms in total. The lowest BCUT2D eigenvalue weighted by Gasteiger charge is -2.03. The van der Waals surface area contributed by atoms with Gasteiger partial charge in [0.25, 0.3) is 0 Å². The molecule has 4 heteroatoms. The minimum absolute atomic E-state index is 0.469. The van der Waals surface area contributed by atoms with Gasteiger partial charge in [0.1, 0.15) is 11.6 Å². The quantitative estimate of drug-likeness (QED) is 0.728. The summed E-state index contributed by atoms with van der Waals surface area (Å²) in [6, 6.07) is 0. The summed E-state index contributed by atoms with van der Waals surface area (Å²) >= 11 is 0. The molecule has 0 aliphatic heterocycles. The van der Waals surface area contributed by atoms with Crippen LogP contribution >= 0.6 is 0 Å². The second-order valence-corrected chi connectivity index (χ2v) is 3.49. The van der Waals surface area contributed by atoms with Crippen molar-refractivity contribution >= 4 is 11.6 Å². The summed E-state index contributed by atoms with van der Waals surface area (Å²) in [7, 11) is 0. The fraction of sp³-hybridized carbons (Fsp3) is 0.556. The highest BCUT2D eigenvalue weighted by atomic mass is 15.0. The van der Waals surface area contributed by atoms with Crippen molar-refractivity contribution in [2.24, 2.45) is 5.92 Å². The number of anilines is 2. The first-order chi connectivity index (χ1) is 6.34. The first kappa shape index (κ1) is 8.29. The molecule has 0 bridgehead atoms. The first-order valence-electron chi connectivity index (χ1n) is 4.66. The molecule has 1 fully saturated rings. The first-order valence-corrected chi connectivity index (χ1v) is 4.66. The van der Waals surface area contributed by atoms with E-state index in [1.807, 2.05) is 0 Å². The molecule has 0 spiro atoms. The molecular weight excluding hydrogens is 164 g/mol. The lowest BCUT2D eigenvalue weighted by Crippen LogP contribution is -2.05. The van der Waals surface area contributed by atoms with Crippen LogP contribution in [0.1, 0.15) is 19.3 Å². The van der Waals surface area contributed by atoms with E-state index < -0.39 is 0 Å². The number of hydrogen-bond acceptors (Lipinski definition) is 4. The van der Waals surface area contributed by atoms with Gasteiger partial charge in [0.05, 0.1) is 12.4 Å². The second kappa shape index (κ2) is 3.60. The molecule has 1 aromatic heterocycles. The maximum Gasteiger partial charge on any atom is 0.146 e. The zero-order valence-electron chi connectivity index (χ0n) is 7.53. The van der Waals surface area contributed by atoms with Crippen molar-refractivity contribution in [2.75, 3.05) is 17.6 Å². The molecule has 13 heavy (non-hydrogen) atoms. The molecule has 70 valence electrons. The Bertz CT molecular complexity index is 283. The van der Waals surface area contributed by atoms with Crippen LogP contribution in [0.2, 0.25) is 0 Å². The van der Waals surface area contributed by atoms with Gasteiger partial charge in [0.15, 0.2) is 0 Å². The van der Waals surface area contributed by atoms with E-state index in [9.17, 15) is 0 Å². The third kappa shape index (κ3) is 2.57. The molecule has 2 rings (SSSR count). The standard InChI is InChI=1S/C9H14N4/c10-8-5-11-6-9(13-8)12-4-3-7-1-2-7/h5-7H,1-4H2,(H3,10,12,13). The van der Waals surface area contributed by atoms with E-state index in [1.54, 1.807) is 12.4 Å². The fourth-order valence-corrected chi connectivity index (χ4v) is 1.28. The van der Waals surface area contributed by atoms with Gasteiger partial charge in [0.2, 0.25) is 0 Å². The average molecular weight is 178 g/mol.